The fourth-order valence-corrected chi connectivity index (χ4v) is 5.62. The van der Waals surface area contributed by atoms with E-state index in [-0.39, 0.29) is 24.3 Å². The van der Waals surface area contributed by atoms with E-state index in [9.17, 15) is 19.5 Å². The Kier molecular flexibility index (Phi) is 5.65. The van der Waals surface area contributed by atoms with Crippen molar-refractivity contribution >= 4 is 34.2 Å². The molecule has 1 aromatic rings. The molecular formula is C19H24NO5S-. The van der Waals surface area contributed by atoms with Gasteiger partial charge in [-0.3, -0.25) is 4.79 Å². The second kappa shape index (κ2) is 7.78. The second-order valence-corrected chi connectivity index (χ2v) is 8.26. The molecule has 1 amide bonds. The highest BCUT2D eigenvalue weighted by atomic mass is 32.1. The van der Waals surface area contributed by atoms with Gasteiger partial charge >= 0.3 is 5.97 Å². The largest absolute Gasteiger partial charge is 0.550 e. The molecule has 142 valence electrons. The predicted octanol–water partition coefficient (Wildman–Crippen LogP) is 2.23. The van der Waals surface area contributed by atoms with Crippen molar-refractivity contribution in [3.63, 3.8) is 0 Å². The summed E-state index contributed by atoms with van der Waals surface area (Å²) < 4.78 is 5.09. The van der Waals surface area contributed by atoms with Crippen LogP contribution in [0.25, 0.3) is 0 Å². The lowest BCUT2D eigenvalue weighted by molar-refractivity contribution is -0.314. The van der Waals surface area contributed by atoms with Gasteiger partial charge in [-0.05, 0) is 50.5 Å². The first-order valence-corrected chi connectivity index (χ1v) is 10.1. The van der Waals surface area contributed by atoms with Crippen molar-refractivity contribution in [1.29, 1.82) is 0 Å². The van der Waals surface area contributed by atoms with Crippen molar-refractivity contribution in [2.24, 2.45) is 23.7 Å². The quantitative estimate of drug-likeness (QED) is 0.734. The monoisotopic (exact) mass is 378 g/mol. The van der Waals surface area contributed by atoms with Crippen LogP contribution < -0.4 is 10.4 Å². The van der Waals surface area contributed by atoms with Crippen LogP contribution in [0.2, 0.25) is 0 Å². The molecule has 26 heavy (non-hydrogen) atoms. The predicted molar refractivity (Wildman–Crippen MR) is 95.7 cm³/mol. The van der Waals surface area contributed by atoms with Crippen molar-refractivity contribution in [3.8, 4) is 0 Å². The van der Waals surface area contributed by atoms with Gasteiger partial charge in [-0.1, -0.05) is 13.3 Å². The SMILES string of the molecule is CCCc1cc(C(=O)OCC)c(NC(=O)[C@@H]2[C@@H]3CC[C@H](C3)[C@@H]2C(=O)[O-])s1. The number of carbonyl (C=O) groups is 3. The van der Waals surface area contributed by atoms with Gasteiger partial charge in [0.2, 0.25) is 5.91 Å². The van der Waals surface area contributed by atoms with Crippen molar-refractivity contribution < 1.29 is 24.2 Å². The Morgan fingerprint density at radius 3 is 2.54 bits per heavy atom. The molecule has 0 spiro atoms. The van der Waals surface area contributed by atoms with Gasteiger partial charge < -0.3 is 20.0 Å². The van der Waals surface area contributed by atoms with E-state index in [0.717, 1.165) is 37.0 Å². The smallest absolute Gasteiger partial charge is 0.341 e. The maximum Gasteiger partial charge on any atom is 0.341 e. The number of carboxylic acid groups (broad SMARTS) is 1. The van der Waals surface area contributed by atoms with E-state index in [1.54, 1.807) is 13.0 Å². The van der Waals surface area contributed by atoms with Crippen LogP contribution in [0.15, 0.2) is 6.07 Å². The molecule has 0 radical (unpaired) electrons. The lowest BCUT2D eigenvalue weighted by Gasteiger charge is -2.30. The van der Waals surface area contributed by atoms with Crippen LogP contribution in [-0.4, -0.2) is 24.5 Å². The summed E-state index contributed by atoms with van der Waals surface area (Å²) in [4.78, 5) is 37.6. The number of hydrogen-bond donors (Lipinski definition) is 1. The van der Waals surface area contributed by atoms with Crippen LogP contribution in [0.1, 0.15) is 54.8 Å². The number of aryl methyl sites for hydroxylation is 1. The number of aliphatic carboxylic acids is 1. The molecule has 2 fully saturated rings. The molecular weight excluding hydrogens is 354 g/mol. The number of esters is 1. The number of ether oxygens (including phenoxy) is 1. The summed E-state index contributed by atoms with van der Waals surface area (Å²) in [5, 5.41) is 14.8. The molecule has 6 nitrogen and oxygen atoms in total. The second-order valence-electron chi connectivity index (χ2n) is 7.12. The summed E-state index contributed by atoms with van der Waals surface area (Å²) in [6.07, 6.45) is 4.23. The molecule has 2 saturated carbocycles. The number of anilines is 1. The molecule has 0 unspecified atom stereocenters. The van der Waals surface area contributed by atoms with Crippen LogP contribution in [-0.2, 0) is 20.7 Å². The van der Waals surface area contributed by atoms with Gasteiger partial charge in [-0.2, -0.15) is 0 Å². The van der Waals surface area contributed by atoms with Gasteiger partial charge in [0.15, 0.2) is 0 Å². The van der Waals surface area contributed by atoms with Gasteiger partial charge in [0.25, 0.3) is 0 Å². The topological polar surface area (TPSA) is 95.5 Å². The number of carboxylic acids is 1. The summed E-state index contributed by atoms with van der Waals surface area (Å²) in [5.74, 6) is -3.11. The summed E-state index contributed by atoms with van der Waals surface area (Å²) in [6.45, 7) is 4.03. The first-order chi connectivity index (χ1) is 12.5. The van der Waals surface area contributed by atoms with Crippen molar-refractivity contribution in [1.82, 2.24) is 0 Å². The Morgan fingerprint density at radius 2 is 1.92 bits per heavy atom. The zero-order chi connectivity index (χ0) is 18.8. The minimum absolute atomic E-state index is 0.0317. The zero-order valence-electron chi connectivity index (χ0n) is 15.1. The summed E-state index contributed by atoms with van der Waals surface area (Å²) in [5.41, 5.74) is 0.349. The standard InChI is InChI=1S/C19H25NO5S/c1-3-5-12-9-13(19(24)25-4-2)17(26-12)20-16(21)14-10-6-7-11(8-10)15(14)18(22)23/h9-11,14-15H,3-8H2,1-2H3,(H,20,21)(H,22,23)/p-1/t10-,11-,14-,15+/m1/s1. The summed E-state index contributed by atoms with van der Waals surface area (Å²) in [7, 11) is 0. The average molecular weight is 378 g/mol. The summed E-state index contributed by atoms with van der Waals surface area (Å²) in [6, 6.07) is 1.76. The van der Waals surface area contributed by atoms with Gasteiger partial charge in [0.05, 0.1) is 12.2 Å². The third kappa shape index (κ3) is 3.49. The molecule has 0 saturated heterocycles. The Morgan fingerprint density at radius 1 is 1.23 bits per heavy atom. The number of hydrogen-bond acceptors (Lipinski definition) is 6. The molecule has 4 atom stereocenters. The molecule has 0 aromatic carbocycles. The number of carbonyl (C=O) groups excluding carboxylic acids is 3. The van der Waals surface area contributed by atoms with Crippen molar-refractivity contribution in [3.05, 3.63) is 16.5 Å². The van der Waals surface area contributed by atoms with Crippen LogP contribution in [0, 0.1) is 23.7 Å². The van der Waals surface area contributed by atoms with Crippen LogP contribution in [0.5, 0.6) is 0 Å². The van der Waals surface area contributed by atoms with E-state index in [0.29, 0.717) is 10.6 Å². The van der Waals surface area contributed by atoms with Gasteiger partial charge in [-0.25, -0.2) is 4.79 Å². The number of amides is 1. The van der Waals surface area contributed by atoms with E-state index in [1.807, 2.05) is 6.92 Å². The first kappa shape index (κ1) is 18.9. The third-order valence-electron chi connectivity index (χ3n) is 5.50. The molecule has 2 aliphatic carbocycles. The van der Waals surface area contributed by atoms with E-state index in [4.69, 9.17) is 4.74 Å². The highest BCUT2D eigenvalue weighted by Gasteiger charge is 2.51. The molecule has 1 aromatic heterocycles. The maximum absolute atomic E-state index is 12.9. The van der Waals surface area contributed by atoms with Crippen LogP contribution in [0.3, 0.4) is 0 Å². The summed E-state index contributed by atoms with van der Waals surface area (Å²) >= 11 is 1.36. The van der Waals surface area contributed by atoms with Gasteiger partial charge in [0, 0.05) is 22.7 Å². The zero-order valence-corrected chi connectivity index (χ0v) is 15.9. The first-order valence-electron chi connectivity index (χ1n) is 9.27. The number of fused-ring (bicyclic) bond motifs is 2. The molecule has 7 heteroatoms. The van der Waals surface area contributed by atoms with Gasteiger partial charge in [-0.15, -0.1) is 11.3 Å². The number of thiophene rings is 1. The fourth-order valence-electron chi connectivity index (χ4n) is 4.47. The van der Waals surface area contributed by atoms with Crippen LogP contribution >= 0.6 is 11.3 Å². The van der Waals surface area contributed by atoms with Gasteiger partial charge in [0.1, 0.15) is 5.00 Å². The fraction of sp³-hybridized carbons (Fsp3) is 0.632. The Hall–Kier alpha value is -1.89. The molecule has 1 N–H and O–H groups in total. The Balaban J connectivity index is 1.82. The lowest BCUT2D eigenvalue weighted by atomic mass is 9.79. The number of nitrogens with one attached hydrogen (secondary N) is 1. The van der Waals surface area contributed by atoms with Crippen molar-refractivity contribution in [2.75, 3.05) is 11.9 Å². The Labute approximate surface area is 156 Å². The minimum Gasteiger partial charge on any atom is -0.550 e. The average Bonchev–Trinajstić information content (AvgIpc) is 3.29. The van der Waals surface area contributed by atoms with E-state index >= 15 is 0 Å². The van der Waals surface area contributed by atoms with E-state index < -0.39 is 23.8 Å². The normalized spacial score (nSPS) is 26.7. The Bertz CT molecular complexity index is 713. The maximum atomic E-state index is 12.9. The molecule has 1 heterocycles. The number of rotatable bonds is 7. The highest BCUT2D eigenvalue weighted by molar-refractivity contribution is 7.16. The molecule has 2 aliphatic rings. The molecule has 3 rings (SSSR count). The van der Waals surface area contributed by atoms with Crippen LogP contribution in [0.4, 0.5) is 5.00 Å². The lowest BCUT2D eigenvalue weighted by Crippen LogP contribution is -2.44. The van der Waals surface area contributed by atoms with E-state index in [2.05, 4.69) is 5.32 Å². The minimum atomic E-state index is -1.14. The highest BCUT2D eigenvalue weighted by Crippen LogP contribution is 2.52. The van der Waals surface area contributed by atoms with E-state index in [1.165, 1.54) is 11.3 Å². The molecule has 2 bridgehead atoms. The third-order valence-corrected chi connectivity index (χ3v) is 6.61. The molecule has 0 aliphatic heterocycles. The van der Waals surface area contributed by atoms with Crippen molar-refractivity contribution in [2.45, 2.75) is 46.0 Å².